The van der Waals surface area contributed by atoms with Gasteiger partial charge in [0.25, 0.3) is 0 Å². The Labute approximate surface area is 98.2 Å². The van der Waals surface area contributed by atoms with Crippen LogP contribution in [0.2, 0.25) is 0 Å². The number of nitrogens with two attached hydrogens (primary N) is 1. The van der Waals surface area contributed by atoms with Crippen LogP contribution in [0.25, 0.3) is 0 Å². The van der Waals surface area contributed by atoms with E-state index in [1.807, 2.05) is 0 Å². The van der Waals surface area contributed by atoms with Crippen LogP contribution in [0, 0.1) is 13.8 Å². The van der Waals surface area contributed by atoms with E-state index in [0.717, 1.165) is 11.3 Å². The second-order valence-electron chi connectivity index (χ2n) is 4.30. The lowest BCUT2D eigenvalue weighted by Gasteiger charge is -2.28. The fourth-order valence-corrected chi connectivity index (χ4v) is 1.77. The average molecular weight is 222 g/mol. The number of aryl methyl sites for hydroxylation is 2. The highest BCUT2D eigenvalue weighted by Crippen LogP contribution is 2.28. The third-order valence-corrected chi connectivity index (χ3v) is 3.10. The lowest BCUT2D eigenvalue weighted by Crippen LogP contribution is -2.35. The highest BCUT2D eigenvalue weighted by atomic mass is 16.5. The molecule has 0 aliphatic rings. The number of likely N-dealkylation sites (N-methyl/N-ethyl adjacent to an activating group) is 1. The minimum absolute atomic E-state index is 0.339. The van der Waals surface area contributed by atoms with Gasteiger partial charge in [-0.05, 0) is 44.0 Å². The molecule has 1 aromatic carbocycles. The van der Waals surface area contributed by atoms with E-state index in [2.05, 4.69) is 44.9 Å². The van der Waals surface area contributed by atoms with Crippen molar-refractivity contribution in [2.45, 2.75) is 26.8 Å². The van der Waals surface area contributed by atoms with Crippen molar-refractivity contribution in [2.75, 3.05) is 25.6 Å². The number of ether oxygens (including phenoxy) is 1. The van der Waals surface area contributed by atoms with Gasteiger partial charge in [-0.3, -0.25) is 0 Å². The summed E-state index contributed by atoms with van der Waals surface area (Å²) >= 11 is 0. The van der Waals surface area contributed by atoms with E-state index in [0.29, 0.717) is 12.6 Å². The van der Waals surface area contributed by atoms with Crippen molar-refractivity contribution in [3.63, 3.8) is 0 Å². The lowest BCUT2D eigenvalue weighted by atomic mass is 10.1. The van der Waals surface area contributed by atoms with Gasteiger partial charge >= 0.3 is 0 Å². The first-order valence-electron chi connectivity index (χ1n) is 5.59. The SMILES string of the molecule is COc1cc(C)c(N(C)C(C)CN)cc1C. The maximum absolute atomic E-state index is 5.69. The zero-order chi connectivity index (χ0) is 12.3. The van der Waals surface area contributed by atoms with Gasteiger partial charge in [-0.1, -0.05) is 0 Å². The number of benzene rings is 1. The first kappa shape index (κ1) is 12.8. The fourth-order valence-electron chi connectivity index (χ4n) is 1.77. The van der Waals surface area contributed by atoms with Crippen molar-refractivity contribution >= 4 is 5.69 Å². The molecule has 0 aromatic heterocycles. The van der Waals surface area contributed by atoms with E-state index >= 15 is 0 Å². The van der Waals surface area contributed by atoms with Crippen molar-refractivity contribution in [1.82, 2.24) is 0 Å². The number of hydrogen-bond donors (Lipinski definition) is 1. The maximum Gasteiger partial charge on any atom is 0.122 e. The molecule has 3 heteroatoms. The zero-order valence-electron chi connectivity index (χ0n) is 10.9. The molecule has 0 aliphatic heterocycles. The molecule has 90 valence electrons. The van der Waals surface area contributed by atoms with Crippen LogP contribution in [0.5, 0.6) is 5.75 Å². The minimum atomic E-state index is 0.339. The lowest BCUT2D eigenvalue weighted by molar-refractivity contribution is 0.411. The summed E-state index contributed by atoms with van der Waals surface area (Å²) in [4.78, 5) is 2.21. The van der Waals surface area contributed by atoms with Crippen LogP contribution in [0.3, 0.4) is 0 Å². The van der Waals surface area contributed by atoms with Crippen LogP contribution in [0.4, 0.5) is 5.69 Å². The normalized spacial score (nSPS) is 12.4. The van der Waals surface area contributed by atoms with Crippen LogP contribution in [0.15, 0.2) is 12.1 Å². The van der Waals surface area contributed by atoms with Gasteiger partial charge in [0.1, 0.15) is 5.75 Å². The molecule has 1 unspecified atom stereocenters. The highest BCUT2D eigenvalue weighted by molar-refractivity contribution is 5.58. The summed E-state index contributed by atoms with van der Waals surface area (Å²) in [6.45, 7) is 6.93. The summed E-state index contributed by atoms with van der Waals surface area (Å²) in [5.41, 5.74) is 9.27. The Morgan fingerprint density at radius 2 is 1.94 bits per heavy atom. The smallest absolute Gasteiger partial charge is 0.122 e. The van der Waals surface area contributed by atoms with Crippen LogP contribution < -0.4 is 15.4 Å². The molecule has 0 aliphatic carbocycles. The van der Waals surface area contributed by atoms with Gasteiger partial charge in [-0.25, -0.2) is 0 Å². The average Bonchev–Trinajstić information content (AvgIpc) is 2.29. The van der Waals surface area contributed by atoms with Gasteiger partial charge < -0.3 is 15.4 Å². The number of anilines is 1. The van der Waals surface area contributed by atoms with Crippen molar-refractivity contribution in [1.29, 1.82) is 0 Å². The molecular formula is C13H22N2O. The maximum atomic E-state index is 5.69. The van der Waals surface area contributed by atoms with E-state index in [4.69, 9.17) is 10.5 Å². The quantitative estimate of drug-likeness (QED) is 0.848. The molecular weight excluding hydrogens is 200 g/mol. The summed E-state index contributed by atoms with van der Waals surface area (Å²) < 4.78 is 5.30. The van der Waals surface area contributed by atoms with Gasteiger partial charge in [0.15, 0.2) is 0 Å². The predicted octanol–water partition coefficient (Wildman–Crippen LogP) is 2.10. The molecule has 3 nitrogen and oxygen atoms in total. The molecule has 1 aromatic rings. The van der Waals surface area contributed by atoms with Crippen LogP contribution >= 0.6 is 0 Å². The van der Waals surface area contributed by atoms with Crippen LogP contribution in [-0.4, -0.2) is 26.7 Å². The van der Waals surface area contributed by atoms with Crippen LogP contribution in [-0.2, 0) is 0 Å². The van der Waals surface area contributed by atoms with E-state index in [9.17, 15) is 0 Å². The Kier molecular flexibility index (Phi) is 4.19. The Bertz CT molecular complexity index is 363. The molecule has 0 amide bonds. The second kappa shape index (κ2) is 5.21. The Balaban J connectivity index is 3.10. The molecule has 0 spiro atoms. The monoisotopic (exact) mass is 222 g/mol. The molecule has 2 N–H and O–H groups in total. The highest BCUT2D eigenvalue weighted by Gasteiger charge is 2.12. The number of nitrogens with zero attached hydrogens (tertiary/aromatic N) is 1. The summed E-state index contributed by atoms with van der Waals surface area (Å²) in [6.07, 6.45) is 0. The first-order valence-corrected chi connectivity index (χ1v) is 5.59. The molecule has 0 bridgehead atoms. The van der Waals surface area contributed by atoms with Gasteiger partial charge in [0.05, 0.1) is 7.11 Å². The van der Waals surface area contributed by atoms with E-state index in [-0.39, 0.29) is 0 Å². The standard InChI is InChI=1S/C13H22N2O/c1-9-7-13(16-5)10(2)6-12(9)15(4)11(3)8-14/h6-7,11H,8,14H2,1-5H3. The van der Waals surface area contributed by atoms with Crippen molar-refractivity contribution in [2.24, 2.45) is 5.73 Å². The van der Waals surface area contributed by atoms with Crippen molar-refractivity contribution in [3.8, 4) is 5.75 Å². The van der Waals surface area contributed by atoms with Gasteiger partial charge in [-0.2, -0.15) is 0 Å². The fraction of sp³-hybridized carbons (Fsp3) is 0.538. The number of methoxy groups -OCH3 is 1. The Morgan fingerprint density at radius 3 is 2.44 bits per heavy atom. The molecule has 16 heavy (non-hydrogen) atoms. The zero-order valence-corrected chi connectivity index (χ0v) is 10.9. The summed E-state index contributed by atoms with van der Waals surface area (Å²) in [5.74, 6) is 0.940. The minimum Gasteiger partial charge on any atom is -0.496 e. The van der Waals surface area contributed by atoms with Crippen LogP contribution in [0.1, 0.15) is 18.1 Å². The van der Waals surface area contributed by atoms with Gasteiger partial charge in [-0.15, -0.1) is 0 Å². The topological polar surface area (TPSA) is 38.5 Å². The Morgan fingerprint density at radius 1 is 1.31 bits per heavy atom. The van der Waals surface area contributed by atoms with E-state index < -0.39 is 0 Å². The molecule has 1 atom stereocenters. The number of hydrogen-bond acceptors (Lipinski definition) is 3. The Hall–Kier alpha value is -1.22. The largest absolute Gasteiger partial charge is 0.496 e. The van der Waals surface area contributed by atoms with Gasteiger partial charge in [0.2, 0.25) is 0 Å². The number of rotatable bonds is 4. The third kappa shape index (κ3) is 2.47. The molecule has 0 saturated carbocycles. The van der Waals surface area contributed by atoms with E-state index in [1.54, 1.807) is 7.11 Å². The molecule has 0 heterocycles. The predicted molar refractivity (Wildman–Crippen MR) is 69.4 cm³/mol. The summed E-state index contributed by atoms with van der Waals surface area (Å²) in [5, 5.41) is 0. The van der Waals surface area contributed by atoms with Gasteiger partial charge in [0, 0.05) is 25.3 Å². The molecule has 1 rings (SSSR count). The first-order chi connectivity index (χ1) is 7.51. The van der Waals surface area contributed by atoms with Crippen molar-refractivity contribution in [3.05, 3.63) is 23.3 Å². The summed E-state index contributed by atoms with van der Waals surface area (Å²) in [6, 6.07) is 4.57. The molecule has 0 radical (unpaired) electrons. The van der Waals surface area contributed by atoms with E-state index in [1.165, 1.54) is 11.3 Å². The third-order valence-electron chi connectivity index (χ3n) is 3.10. The van der Waals surface area contributed by atoms with Crippen molar-refractivity contribution < 1.29 is 4.74 Å². The second-order valence-corrected chi connectivity index (χ2v) is 4.30. The molecule has 0 fully saturated rings. The molecule has 0 saturated heterocycles. The summed E-state index contributed by atoms with van der Waals surface area (Å²) in [7, 11) is 3.78.